The molecule has 5 nitrogen and oxygen atoms in total. The summed E-state index contributed by atoms with van der Waals surface area (Å²) in [5.41, 5.74) is 0.831. The van der Waals surface area contributed by atoms with Crippen molar-refractivity contribution in [1.29, 1.82) is 0 Å². The molecule has 0 amide bonds. The molecule has 2 aromatic rings. The van der Waals surface area contributed by atoms with E-state index >= 15 is 0 Å². The van der Waals surface area contributed by atoms with Crippen molar-refractivity contribution in [3.05, 3.63) is 64.5 Å². The number of benzene rings is 2. The van der Waals surface area contributed by atoms with Gasteiger partial charge in [0.2, 0.25) is 0 Å². The quantitative estimate of drug-likeness (QED) is 0.463. The van der Waals surface area contributed by atoms with Crippen molar-refractivity contribution >= 4 is 17.1 Å². The van der Waals surface area contributed by atoms with Crippen molar-refractivity contribution in [2.75, 3.05) is 0 Å². The molecule has 0 aliphatic rings. The fraction of sp³-hybridized carbons (Fsp3) is 0. The molecule has 0 saturated heterocycles. The molecular formula is C12H8FN3O2. The molecule has 2 rings (SSSR count). The van der Waals surface area contributed by atoms with Crippen LogP contribution in [0.3, 0.4) is 0 Å². The Morgan fingerprint density at radius 3 is 2.28 bits per heavy atom. The summed E-state index contributed by atoms with van der Waals surface area (Å²) >= 11 is 0. The van der Waals surface area contributed by atoms with E-state index in [9.17, 15) is 14.5 Å². The highest BCUT2D eigenvalue weighted by atomic mass is 19.1. The molecule has 0 N–H and O–H groups in total. The number of rotatable bonds is 3. The van der Waals surface area contributed by atoms with Gasteiger partial charge in [-0.2, -0.15) is 10.2 Å². The molecule has 0 saturated carbocycles. The lowest BCUT2D eigenvalue weighted by atomic mass is 10.3. The summed E-state index contributed by atoms with van der Waals surface area (Å²) in [6, 6.07) is 11.3. The second-order valence-corrected chi connectivity index (χ2v) is 3.45. The van der Waals surface area contributed by atoms with Gasteiger partial charge in [-0.3, -0.25) is 10.1 Å². The molecule has 0 aliphatic carbocycles. The van der Waals surface area contributed by atoms with Gasteiger partial charge in [-0.15, -0.1) is 0 Å². The van der Waals surface area contributed by atoms with E-state index in [0.717, 1.165) is 0 Å². The first kappa shape index (κ1) is 11.8. The summed E-state index contributed by atoms with van der Waals surface area (Å²) < 4.78 is 12.9. The molecule has 2 aromatic carbocycles. The third-order valence-corrected chi connectivity index (χ3v) is 2.15. The molecule has 0 heterocycles. The Labute approximate surface area is 102 Å². The van der Waals surface area contributed by atoms with Gasteiger partial charge in [-0.1, -0.05) is 6.07 Å². The van der Waals surface area contributed by atoms with Crippen molar-refractivity contribution < 1.29 is 9.31 Å². The highest BCUT2D eigenvalue weighted by molar-refractivity contribution is 5.44. The van der Waals surface area contributed by atoms with Gasteiger partial charge in [0, 0.05) is 18.2 Å². The Hall–Kier alpha value is -2.63. The number of nitrogens with zero attached hydrogens (tertiary/aromatic N) is 3. The molecule has 0 aliphatic heterocycles. The van der Waals surface area contributed by atoms with Crippen LogP contribution in [0, 0.1) is 15.9 Å². The van der Waals surface area contributed by atoms with Gasteiger partial charge in [0.1, 0.15) is 5.82 Å². The minimum absolute atomic E-state index is 0.0142. The summed E-state index contributed by atoms with van der Waals surface area (Å²) in [7, 11) is 0. The summed E-state index contributed by atoms with van der Waals surface area (Å²) in [5, 5.41) is 18.1. The summed E-state index contributed by atoms with van der Waals surface area (Å²) in [6.45, 7) is 0. The third kappa shape index (κ3) is 2.94. The van der Waals surface area contributed by atoms with Crippen LogP contribution < -0.4 is 0 Å². The molecule has 0 bridgehead atoms. The molecule has 18 heavy (non-hydrogen) atoms. The maximum atomic E-state index is 12.9. The summed E-state index contributed by atoms with van der Waals surface area (Å²) in [4.78, 5) is 9.95. The fourth-order valence-corrected chi connectivity index (χ4v) is 1.29. The van der Waals surface area contributed by atoms with Crippen LogP contribution in [-0.2, 0) is 0 Å². The van der Waals surface area contributed by atoms with E-state index in [0.29, 0.717) is 11.4 Å². The number of nitro benzene ring substituents is 1. The number of nitro groups is 1. The number of hydrogen-bond donors (Lipinski definition) is 0. The zero-order valence-electron chi connectivity index (χ0n) is 9.15. The minimum Gasteiger partial charge on any atom is -0.258 e. The van der Waals surface area contributed by atoms with Crippen LogP contribution in [0.15, 0.2) is 58.8 Å². The van der Waals surface area contributed by atoms with Crippen molar-refractivity contribution in [2.45, 2.75) is 0 Å². The van der Waals surface area contributed by atoms with Crippen LogP contribution >= 0.6 is 0 Å². The Morgan fingerprint density at radius 1 is 1.00 bits per heavy atom. The Kier molecular flexibility index (Phi) is 3.38. The SMILES string of the molecule is O=[N+]([O-])c1ccc(N=Nc2cccc(F)c2)cc1. The highest BCUT2D eigenvalue weighted by Gasteiger charge is 2.03. The largest absolute Gasteiger partial charge is 0.269 e. The molecule has 0 spiro atoms. The number of azo groups is 1. The van der Waals surface area contributed by atoms with Crippen LogP contribution in [0.25, 0.3) is 0 Å². The van der Waals surface area contributed by atoms with Crippen LogP contribution in [0.1, 0.15) is 0 Å². The Bertz CT molecular complexity index is 597. The standard InChI is InChI=1S/C12H8FN3O2/c13-9-2-1-3-11(8-9)15-14-10-4-6-12(7-5-10)16(17)18/h1-8H. The first-order valence-electron chi connectivity index (χ1n) is 5.07. The summed E-state index contributed by atoms with van der Waals surface area (Å²) in [5.74, 6) is -0.393. The van der Waals surface area contributed by atoms with Gasteiger partial charge in [-0.05, 0) is 24.3 Å². The molecular weight excluding hydrogens is 237 g/mol. The lowest BCUT2D eigenvalue weighted by Crippen LogP contribution is -1.85. The molecule has 0 atom stereocenters. The van der Waals surface area contributed by atoms with E-state index < -0.39 is 10.7 Å². The topological polar surface area (TPSA) is 67.9 Å². The number of halogens is 1. The zero-order valence-corrected chi connectivity index (χ0v) is 9.15. The van der Waals surface area contributed by atoms with E-state index in [1.807, 2.05) is 0 Å². The molecule has 90 valence electrons. The third-order valence-electron chi connectivity index (χ3n) is 2.15. The van der Waals surface area contributed by atoms with Crippen LogP contribution in [-0.4, -0.2) is 4.92 Å². The lowest BCUT2D eigenvalue weighted by molar-refractivity contribution is -0.384. The predicted molar refractivity (Wildman–Crippen MR) is 63.7 cm³/mol. The predicted octanol–water partition coefficient (Wildman–Crippen LogP) is 4.15. The average molecular weight is 245 g/mol. The first-order chi connectivity index (χ1) is 8.65. The maximum absolute atomic E-state index is 12.9. The molecule has 0 radical (unpaired) electrons. The second kappa shape index (κ2) is 5.13. The normalized spacial score (nSPS) is 10.7. The minimum atomic E-state index is -0.493. The van der Waals surface area contributed by atoms with Gasteiger partial charge in [-0.25, -0.2) is 4.39 Å². The Morgan fingerprint density at radius 2 is 1.67 bits per heavy atom. The average Bonchev–Trinajstić information content (AvgIpc) is 2.37. The maximum Gasteiger partial charge on any atom is 0.269 e. The van der Waals surface area contributed by atoms with Crippen molar-refractivity contribution in [3.8, 4) is 0 Å². The first-order valence-corrected chi connectivity index (χ1v) is 5.07. The monoisotopic (exact) mass is 245 g/mol. The zero-order chi connectivity index (χ0) is 13.0. The van der Waals surface area contributed by atoms with Crippen LogP contribution in [0.2, 0.25) is 0 Å². The van der Waals surface area contributed by atoms with E-state index in [1.54, 1.807) is 6.07 Å². The smallest absolute Gasteiger partial charge is 0.258 e. The van der Waals surface area contributed by atoms with Crippen molar-refractivity contribution in [1.82, 2.24) is 0 Å². The molecule has 0 unspecified atom stereocenters. The van der Waals surface area contributed by atoms with E-state index in [1.165, 1.54) is 42.5 Å². The number of non-ortho nitro benzene ring substituents is 1. The van der Waals surface area contributed by atoms with E-state index in [-0.39, 0.29) is 5.69 Å². The van der Waals surface area contributed by atoms with Gasteiger partial charge in [0.15, 0.2) is 0 Å². The van der Waals surface area contributed by atoms with Gasteiger partial charge >= 0.3 is 0 Å². The number of hydrogen-bond acceptors (Lipinski definition) is 4. The van der Waals surface area contributed by atoms with E-state index in [2.05, 4.69) is 10.2 Å². The fourth-order valence-electron chi connectivity index (χ4n) is 1.29. The van der Waals surface area contributed by atoms with Crippen LogP contribution in [0.4, 0.5) is 21.5 Å². The second-order valence-electron chi connectivity index (χ2n) is 3.45. The lowest BCUT2D eigenvalue weighted by Gasteiger charge is -1.94. The molecule has 0 fully saturated rings. The van der Waals surface area contributed by atoms with Crippen LogP contribution in [0.5, 0.6) is 0 Å². The molecule has 0 aromatic heterocycles. The van der Waals surface area contributed by atoms with Gasteiger partial charge in [0.05, 0.1) is 16.3 Å². The van der Waals surface area contributed by atoms with Gasteiger partial charge in [0.25, 0.3) is 5.69 Å². The summed E-state index contributed by atoms with van der Waals surface area (Å²) in [6.07, 6.45) is 0. The highest BCUT2D eigenvalue weighted by Crippen LogP contribution is 2.21. The Balaban J connectivity index is 2.16. The van der Waals surface area contributed by atoms with Gasteiger partial charge < -0.3 is 0 Å². The van der Waals surface area contributed by atoms with Crippen molar-refractivity contribution in [3.63, 3.8) is 0 Å². The molecule has 6 heteroatoms. The van der Waals surface area contributed by atoms with Crippen molar-refractivity contribution in [2.24, 2.45) is 10.2 Å². The van der Waals surface area contributed by atoms with E-state index in [4.69, 9.17) is 0 Å².